The van der Waals surface area contributed by atoms with Gasteiger partial charge in [-0.2, -0.15) is 0 Å². The fraction of sp³-hybridized carbons (Fsp3) is 0.0667. The van der Waals surface area contributed by atoms with Gasteiger partial charge < -0.3 is 10.8 Å². The van der Waals surface area contributed by atoms with Crippen molar-refractivity contribution in [2.75, 3.05) is 0 Å². The van der Waals surface area contributed by atoms with E-state index in [2.05, 4.69) is 26.5 Å². The molecule has 3 N–H and O–H groups in total. The number of guanidine groups is 1. The van der Waals surface area contributed by atoms with Crippen LogP contribution in [-0.4, -0.2) is 27.2 Å². The van der Waals surface area contributed by atoms with E-state index in [1.54, 1.807) is 25.4 Å². The number of aliphatic imine (C=N–C) groups is 2. The van der Waals surface area contributed by atoms with Crippen molar-refractivity contribution in [3.05, 3.63) is 48.9 Å². The van der Waals surface area contributed by atoms with Gasteiger partial charge in [-0.3, -0.25) is 4.98 Å². The topological polar surface area (TPSA) is 96.8 Å². The summed E-state index contributed by atoms with van der Waals surface area (Å²) in [7, 11) is 0. The van der Waals surface area contributed by atoms with Crippen LogP contribution in [0.5, 0.6) is 5.75 Å². The Morgan fingerprint density at radius 2 is 2.19 bits per heavy atom. The smallest absolute Gasteiger partial charge is 0.220 e. The van der Waals surface area contributed by atoms with Crippen LogP contribution in [0, 0.1) is 0 Å². The van der Waals surface area contributed by atoms with Crippen LogP contribution in [0.3, 0.4) is 0 Å². The van der Waals surface area contributed by atoms with E-state index in [4.69, 9.17) is 5.73 Å². The fourth-order valence-corrected chi connectivity index (χ4v) is 1.69. The van der Waals surface area contributed by atoms with E-state index in [-0.39, 0.29) is 23.1 Å². The van der Waals surface area contributed by atoms with Gasteiger partial charge in [0.25, 0.3) is 0 Å². The van der Waals surface area contributed by atoms with E-state index in [0.717, 1.165) is 5.56 Å². The SMILES string of the molecule is C=C(/N=C(N)\N=C/C)c1nc(-c2cccnc2)ccc1O. The third kappa shape index (κ3) is 3.50. The molecule has 6 heteroatoms. The zero-order valence-corrected chi connectivity index (χ0v) is 11.6. The summed E-state index contributed by atoms with van der Waals surface area (Å²) in [4.78, 5) is 16.2. The minimum absolute atomic E-state index is 0.0235. The van der Waals surface area contributed by atoms with E-state index in [1.807, 2.05) is 12.1 Å². The number of rotatable bonds is 3. The third-order valence-corrected chi connectivity index (χ3v) is 2.62. The van der Waals surface area contributed by atoms with Crippen LogP contribution in [0.2, 0.25) is 0 Å². The van der Waals surface area contributed by atoms with Crippen molar-refractivity contribution in [2.45, 2.75) is 6.92 Å². The van der Waals surface area contributed by atoms with Gasteiger partial charge in [0, 0.05) is 24.2 Å². The molecular formula is C15H15N5O. The van der Waals surface area contributed by atoms with Crippen molar-refractivity contribution in [2.24, 2.45) is 15.7 Å². The van der Waals surface area contributed by atoms with Gasteiger partial charge in [-0.25, -0.2) is 15.0 Å². The van der Waals surface area contributed by atoms with E-state index in [0.29, 0.717) is 5.69 Å². The molecule has 0 aliphatic carbocycles. The number of hydrogen-bond acceptors (Lipinski definition) is 4. The maximum atomic E-state index is 9.91. The molecule has 0 saturated carbocycles. The molecule has 0 bridgehead atoms. The average Bonchev–Trinajstić information content (AvgIpc) is 2.48. The van der Waals surface area contributed by atoms with Gasteiger partial charge >= 0.3 is 0 Å². The lowest BCUT2D eigenvalue weighted by molar-refractivity contribution is 0.470. The maximum absolute atomic E-state index is 9.91. The zero-order valence-electron chi connectivity index (χ0n) is 11.6. The molecule has 0 aliphatic heterocycles. The van der Waals surface area contributed by atoms with Crippen molar-refractivity contribution in [1.29, 1.82) is 0 Å². The van der Waals surface area contributed by atoms with Crippen LogP contribution in [0.15, 0.2) is 53.2 Å². The Balaban J connectivity index is 2.41. The van der Waals surface area contributed by atoms with Crippen molar-refractivity contribution >= 4 is 17.9 Å². The van der Waals surface area contributed by atoms with Gasteiger partial charge in [-0.05, 0) is 31.2 Å². The molecule has 0 atom stereocenters. The van der Waals surface area contributed by atoms with E-state index in [9.17, 15) is 5.11 Å². The first kappa shape index (κ1) is 14.4. The average molecular weight is 281 g/mol. The molecule has 2 aromatic heterocycles. The molecule has 0 aromatic carbocycles. The van der Waals surface area contributed by atoms with Gasteiger partial charge in [0.1, 0.15) is 11.4 Å². The highest BCUT2D eigenvalue weighted by Gasteiger charge is 2.10. The van der Waals surface area contributed by atoms with Crippen LogP contribution in [0.25, 0.3) is 17.0 Å². The first-order chi connectivity index (χ1) is 10.1. The molecule has 0 aliphatic rings. The highest BCUT2D eigenvalue weighted by Crippen LogP contribution is 2.26. The van der Waals surface area contributed by atoms with Crippen LogP contribution in [0.4, 0.5) is 0 Å². The standard InChI is InChI=1S/C15H15N5O/c1-3-18-15(16)19-10(2)14-13(21)7-6-12(20-14)11-5-4-8-17-9-11/h3-9,21H,2H2,1H3,(H2,16,19)/b18-3-. The molecule has 2 rings (SSSR count). The Bertz CT molecular complexity index is 707. The molecule has 21 heavy (non-hydrogen) atoms. The first-order valence-electron chi connectivity index (χ1n) is 6.24. The summed E-state index contributed by atoms with van der Waals surface area (Å²) in [5.74, 6) is 0.0279. The first-order valence-corrected chi connectivity index (χ1v) is 6.24. The number of nitrogens with two attached hydrogens (primary N) is 1. The molecule has 2 aromatic rings. The minimum Gasteiger partial charge on any atom is -0.506 e. The van der Waals surface area contributed by atoms with Crippen molar-refractivity contribution in [3.63, 3.8) is 0 Å². The van der Waals surface area contributed by atoms with Crippen LogP contribution >= 0.6 is 0 Å². The Hall–Kier alpha value is -3.02. The summed E-state index contributed by atoms with van der Waals surface area (Å²) < 4.78 is 0. The zero-order chi connectivity index (χ0) is 15.2. The summed E-state index contributed by atoms with van der Waals surface area (Å²) in [6.45, 7) is 5.49. The van der Waals surface area contributed by atoms with Gasteiger partial charge in [-0.1, -0.05) is 6.58 Å². The predicted octanol–water partition coefficient (Wildman–Crippen LogP) is 2.23. The number of nitrogens with zero attached hydrogens (tertiary/aromatic N) is 4. The van der Waals surface area contributed by atoms with E-state index in [1.165, 1.54) is 12.3 Å². The highest BCUT2D eigenvalue weighted by atomic mass is 16.3. The lowest BCUT2D eigenvalue weighted by Gasteiger charge is -2.06. The molecule has 0 saturated heterocycles. The normalized spacial score (nSPS) is 11.8. The second-order valence-corrected chi connectivity index (χ2v) is 4.11. The Morgan fingerprint density at radius 1 is 1.38 bits per heavy atom. The quantitative estimate of drug-likeness (QED) is 0.666. The monoisotopic (exact) mass is 281 g/mol. The Morgan fingerprint density at radius 3 is 2.86 bits per heavy atom. The van der Waals surface area contributed by atoms with Crippen molar-refractivity contribution in [3.8, 4) is 17.0 Å². The number of pyridine rings is 2. The van der Waals surface area contributed by atoms with Crippen molar-refractivity contribution < 1.29 is 5.11 Å². The molecule has 0 spiro atoms. The predicted molar refractivity (Wildman–Crippen MR) is 84.0 cm³/mol. The van der Waals surface area contributed by atoms with Gasteiger partial charge in [0.15, 0.2) is 0 Å². The van der Waals surface area contributed by atoms with Gasteiger partial charge in [-0.15, -0.1) is 0 Å². The Labute approximate surface area is 122 Å². The lowest BCUT2D eigenvalue weighted by atomic mass is 10.1. The van der Waals surface area contributed by atoms with Crippen molar-refractivity contribution in [1.82, 2.24) is 9.97 Å². The molecule has 6 nitrogen and oxygen atoms in total. The van der Waals surface area contributed by atoms with Crippen LogP contribution in [0.1, 0.15) is 12.6 Å². The number of aromatic hydroxyl groups is 1. The molecule has 106 valence electrons. The van der Waals surface area contributed by atoms with Gasteiger partial charge in [0.05, 0.1) is 11.4 Å². The molecular weight excluding hydrogens is 266 g/mol. The largest absolute Gasteiger partial charge is 0.506 e. The summed E-state index contributed by atoms with van der Waals surface area (Å²) >= 11 is 0. The molecule has 0 unspecified atom stereocenters. The molecule has 0 amide bonds. The lowest BCUT2D eigenvalue weighted by Crippen LogP contribution is -2.08. The number of aromatic nitrogens is 2. The van der Waals surface area contributed by atoms with Crippen LogP contribution < -0.4 is 5.73 Å². The fourth-order valence-electron chi connectivity index (χ4n) is 1.69. The summed E-state index contributed by atoms with van der Waals surface area (Å²) in [6.07, 6.45) is 4.88. The third-order valence-electron chi connectivity index (χ3n) is 2.62. The summed E-state index contributed by atoms with van der Waals surface area (Å²) in [5, 5.41) is 9.91. The molecule has 2 heterocycles. The van der Waals surface area contributed by atoms with Gasteiger partial charge in [0.2, 0.25) is 5.96 Å². The van der Waals surface area contributed by atoms with Crippen LogP contribution in [-0.2, 0) is 0 Å². The second-order valence-electron chi connectivity index (χ2n) is 4.11. The van der Waals surface area contributed by atoms with E-state index < -0.39 is 0 Å². The highest BCUT2D eigenvalue weighted by molar-refractivity contribution is 5.90. The number of hydrogen-bond donors (Lipinski definition) is 2. The molecule has 0 radical (unpaired) electrons. The van der Waals surface area contributed by atoms with E-state index >= 15 is 0 Å². The second kappa shape index (κ2) is 6.42. The summed E-state index contributed by atoms with van der Waals surface area (Å²) in [6, 6.07) is 6.91. The maximum Gasteiger partial charge on any atom is 0.220 e. The molecule has 0 fully saturated rings. The Kier molecular flexibility index (Phi) is 4.40. The summed E-state index contributed by atoms with van der Waals surface area (Å²) in [5.41, 5.74) is 7.57. The minimum atomic E-state index is -0.0235.